The SMILES string of the molecule is CCOC(=O)[C@@H](C)N1C(=O)S/C(=C/c2cc(Br)c(OCc3ccc(Cl)c(Cl)c3)c(Br)c2)C1=O. The van der Waals surface area contributed by atoms with Gasteiger partial charge in [-0.15, -0.1) is 0 Å². The first-order valence-corrected chi connectivity index (χ1v) is 12.8. The zero-order valence-electron chi connectivity index (χ0n) is 17.4. The van der Waals surface area contributed by atoms with Gasteiger partial charge >= 0.3 is 5.97 Å². The third-order valence-corrected chi connectivity index (χ3v) is 7.32. The predicted molar refractivity (Wildman–Crippen MR) is 137 cm³/mol. The second kappa shape index (κ2) is 11.3. The first-order valence-electron chi connectivity index (χ1n) is 9.61. The molecule has 2 aromatic carbocycles. The molecule has 2 amide bonds. The normalized spacial score (nSPS) is 15.8. The van der Waals surface area contributed by atoms with E-state index in [1.165, 1.54) is 6.92 Å². The van der Waals surface area contributed by atoms with E-state index >= 15 is 0 Å². The van der Waals surface area contributed by atoms with E-state index in [0.717, 1.165) is 22.2 Å². The Morgan fingerprint density at radius 1 is 1.15 bits per heavy atom. The zero-order valence-corrected chi connectivity index (χ0v) is 22.9. The number of benzene rings is 2. The van der Waals surface area contributed by atoms with Crippen LogP contribution in [0.3, 0.4) is 0 Å². The van der Waals surface area contributed by atoms with Crippen LogP contribution in [0.5, 0.6) is 5.75 Å². The summed E-state index contributed by atoms with van der Waals surface area (Å²) in [6.45, 7) is 3.55. The van der Waals surface area contributed by atoms with Gasteiger partial charge < -0.3 is 9.47 Å². The second-order valence-electron chi connectivity index (χ2n) is 6.83. The van der Waals surface area contributed by atoms with E-state index in [9.17, 15) is 14.4 Å². The third-order valence-electron chi connectivity index (χ3n) is 4.52. The minimum Gasteiger partial charge on any atom is -0.487 e. The van der Waals surface area contributed by atoms with E-state index in [2.05, 4.69) is 31.9 Å². The van der Waals surface area contributed by atoms with E-state index in [1.54, 1.807) is 37.3 Å². The Labute approximate surface area is 221 Å². The highest BCUT2D eigenvalue weighted by molar-refractivity contribution is 9.11. The Hall–Kier alpha value is -1.52. The Bertz CT molecular complexity index is 1130. The molecule has 1 heterocycles. The van der Waals surface area contributed by atoms with Crippen molar-refractivity contribution in [2.75, 3.05) is 6.61 Å². The van der Waals surface area contributed by atoms with Crippen molar-refractivity contribution in [3.05, 3.63) is 65.4 Å². The highest BCUT2D eigenvalue weighted by Crippen LogP contribution is 2.38. The number of nitrogens with zero attached hydrogens (tertiary/aromatic N) is 1. The molecule has 174 valence electrons. The molecule has 1 fully saturated rings. The second-order valence-corrected chi connectivity index (χ2v) is 10.3. The van der Waals surface area contributed by atoms with E-state index in [-0.39, 0.29) is 18.1 Å². The van der Waals surface area contributed by atoms with Crippen molar-refractivity contribution in [2.24, 2.45) is 0 Å². The zero-order chi connectivity index (χ0) is 24.3. The number of thioether (sulfide) groups is 1. The van der Waals surface area contributed by atoms with Gasteiger partial charge in [-0.2, -0.15) is 0 Å². The molecular formula is C22H17Br2Cl2NO5S. The lowest BCUT2D eigenvalue weighted by Gasteiger charge is -2.19. The first kappa shape index (κ1) is 26.1. The van der Waals surface area contributed by atoms with Crippen molar-refractivity contribution >= 4 is 90.0 Å². The number of hydrogen-bond acceptors (Lipinski definition) is 6. The van der Waals surface area contributed by atoms with Crippen LogP contribution in [0.1, 0.15) is 25.0 Å². The maximum Gasteiger partial charge on any atom is 0.329 e. The molecule has 33 heavy (non-hydrogen) atoms. The van der Waals surface area contributed by atoms with Gasteiger partial charge in [0.25, 0.3) is 11.1 Å². The van der Waals surface area contributed by atoms with E-state index in [4.69, 9.17) is 32.7 Å². The minimum atomic E-state index is -1.00. The van der Waals surface area contributed by atoms with Gasteiger partial charge in [0.15, 0.2) is 0 Å². The summed E-state index contributed by atoms with van der Waals surface area (Å²) in [4.78, 5) is 38.2. The fourth-order valence-electron chi connectivity index (χ4n) is 2.92. The van der Waals surface area contributed by atoms with Gasteiger partial charge in [-0.3, -0.25) is 14.5 Å². The summed E-state index contributed by atoms with van der Waals surface area (Å²) >= 11 is 19.7. The molecule has 6 nitrogen and oxygen atoms in total. The van der Waals surface area contributed by atoms with Crippen LogP contribution in [0.15, 0.2) is 44.2 Å². The van der Waals surface area contributed by atoms with Gasteiger partial charge in [0.05, 0.1) is 30.5 Å². The summed E-state index contributed by atoms with van der Waals surface area (Å²) in [5.74, 6) is -0.616. The molecule has 0 unspecified atom stereocenters. The van der Waals surface area contributed by atoms with Crippen molar-refractivity contribution in [1.82, 2.24) is 4.90 Å². The number of amides is 2. The molecule has 1 aliphatic rings. The summed E-state index contributed by atoms with van der Waals surface area (Å²) in [6.07, 6.45) is 1.58. The summed E-state index contributed by atoms with van der Waals surface area (Å²) in [7, 11) is 0. The molecule has 1 atom stereocenters. The number of esters is 1. The standard InChI is InChI=1S/C22H17Br2Cl2NO5S/c1-3-31-21(29)11(2)27-20(28)18(33-22(27)30)9-13-6-14(23)19(15(24)7-13)32-10-12-4-5-16(25)17(26)8-12/h4-9,11H,3,10H2,1-2H3/b18-9+/t11-/m1/s1. The minimum absolute atomic E-state index is 0.163. The van der Waals surface area contributed by atoms with Crippen molar-refractivity contribution in [3.8, 4) is 5.75 Å². The van der Waals surface area contributed by atoms with Gasteiger partial charge in [0.2, 0.25) is 0 Å². The maximum atomic E-state index is 12.8. The Kier molecular flexibility index (Phi) is 8.91. The van der Waals surface area contributed by atoms with Gasteiger partial charge in [0, 0.05) is 0 Å². The Morgan fingerprint density at radius 3 is 2.42 bits per heavy atom. The third kappa shape index (κ3) is 6.14. The van der Waals surface area contributed by atoms with E-state index in [0.29, 0.717) is 30.3 Å². The smallest absolute Gasteiger partial charge is 0.329 e. The van der Waals surface area contributed by atoms with Crippen molar-refractivity contribution < 1.29 is 23.9 Å². The van der Waals surface area contributed by atoms with Gasteiger partial charge in [-0.05, 0) is 98.9 Å². The number of ether oxygens (including phenoxy) is 2. The molecule has 0 aromatic heterocycles. The quantitative estimate of drug-likeness (QED) is 0.239. The summed E-state index contributed by atoms with van der Waals surface area (Å²) in [5, 5.41) is 0.386. The van der Waals surface area contributed by atoms with Crippen LogP contribution >= 0.6 is 66.8 Å². The topological polar surface area (TPSA) is 72.9 Å². The molecular weight excluding hydrogens is 621 g/mol. The average Bonchev–Trinajstić information content (AvgIpc) is 3.02. The summed E-state index contributed by atoms with van der Waals surface area (Å²) < 4.78 is 12.1. The van der Waals surface area contributed by atoms with Crippen LogP contribution in [0.2, 0.25) is 10.0 Å². The molecule has 0 radical (unpaired) electrons. The lowest BCUT2D eigenvalue weighted by molar-refractivity contribution is -0.150. The number of hydrogen-bond donors (Lipinski definition) is 0. The number of imide groups is 1. The van der Waals surface area contributed by atoms with Gasteiger partial charge in [0.1, 0.15) is 18.4 Å². The highest BCUT2D eigenvalue weighted by Gasteiger charge is 2.41. The van der Waals surface area contributed by atoms with Crippen molar-refractivity contribution in [2.45, 2.75) is 26.5 Å². The van der Waals surface area contributed by atoms with Crippen LogP contribution in [0.4, 0.5) is 4.79 Å². The molecule has 11 heteroatoms. The lowest BCUT2D eigenvalue weighted by atomic mass is 10.2. The summed E-state index contributed by atoms with van der Waals surface area (Å²) in [5.41, 5.74) is 1.50. The number of carbonyl (C=O) groups excluding carboxylic acids is 3. The average molecular weight is 638 g/mol. The van der Waals surface area contributed by atoms with Crippen molar-refractivity contribution in [1.29, 1.82) is 0 Å². The van der Waals surface area contributed by atoms with Crippen LogP contribution in [-0.4, -0.2) is 34.7 Å². The largest absolute Gasteiger partial charge is 0.487 e. The monoisotopic (exact) mass is 635 g/mol. The maximum absolute atomic E-state index is 12.8. The Morgan fingerprint density at radius 2 is 1.82 bits per heavy atom. The van der Waals surface area contributed by atoms with E-state index < -0.39 is 23.2 Å². The number of carbonyl (C=O) groups is 3. The van der Waals surface area contributed by atoms with Crippen LogP contribution in [0, 0.1) is 0 Å². The van der Waals surface area contributed by atoms with Crippen LogP contribution in [-0.2, 0) is 20.9 Å². The van der Waals surface area contributed by atoms with Gasteiger partial charge in [-0.25, -0.2) is 4.79 Å². The lowest BCUT2D eigenvalue weighted by Crippen LogP contribution is -2.42. The predicted octanol–water partition coefficient (Wildman–Crippen LogP) is 7.09. The molecule has 3 rings (SSSR count). The Balaban J connectivity index is 1.77. The molecule has 0 N–H and O–H groups in total. The first-order chi connectivity index (χ1) is 15.6. The summed E-state index contributed by atoms with van der Waals surface area (Å²) in [6, 6.07) is 7.77. The van der Waals surface area contributed by atoms with E-state index in [1.807, 2.05) is 6.07 Å². The number of rotatable bonds is 7. The fraction of sp³-hybridized carbons (Fsp3) is 0.227. The fourth-order valence-corrected chi connectivity index (χ4v) is 5.60. The van der Waals surface area contributed by atoms with Crippen LogP contribution < -0.4 is 4.74 Å². The van der Waals surface area contributed by atoms with Crippen molar-refractivity contribution in [3.63, 3.8) is 0 Å². The molecule has 0 spiro atoms. The van der Waals surface area contributed by atoms with Crippen LogP contribution in [0.25, 0.3) is 6.08 Å². The molecule has 2 aromatic rings. The van der Waals surface area contributed by atoms with Gasteiger partial charge in [-0.1, -0.05) is 29.3 Å². The molecule has 0 bridgehead atoms. The molecule has 0 aliphatic carbocycles. The molecule has 1 saturated heterocycles. The highest BCUT2D eigenvalue weighted by atomic mass is 79.9. The number of halogens is 4. The molecule has 0 saturated carbocycles. The molecule has 1 aliphatic heterocycles.